The molecule has 6 heteroatoms. The fourth-order valence-electron chi connectivity index (χ4n) is 2.23. The van der Waals surface area contributed by atoms with Crippen molar-refractivity contribution in [3.63, 3.8) is 0 Å². The fraction of sp³-hybridized carbons (Fsp3) is 0.429. The van der Waals surface area contributed by atoms with E-state index >= 15 is 0 Å². The van der Waals surface area contributed by atoms with Crippen LogP contribution in [0.2, 0.25) is 0 Å². The van der Waals surface area contributed by atoms with Crippen molar-refractivity contribution < 1.29 is 13.6 Å². The standard InChI is InChI=1S/C14H15F2N3O/c1-10(9-17)18-4-6-19(7-5-18)14(20)12-8-11(15)2-3-13(12)16/h2-3,8,10H,4-7H2,1H3. The quantitative estimate of drug-likeness (QED) is 0.826. The molecule has 0 spiro atoms. The average molecular weight is 279 g/mol. The monoisotopic (exact) mass is 279 g/mol. The van der Waals surface area contributed by atoms with Crippen LogP contribution in [0.5, 0.6) is 0 Å². The van der Waals surface area contributed by atoms with Crippen molar-refractivity contribution in [3.8, 4) is 6.07 Å². The maximum Gasteiger partial charge on any atom is 0.257 e. The molecule has 20 heavy (non-hydrogen) atoms. The number of amides is 1. The van der Waals surface area contributed by atoms with Crippen LogP contribution in [0.3, 0.4) is 0 Å². The van der Waals surface area contributed by atoms with Gasteiger partial charge in [0.15, 0.2) is 0 Å². The van der Waals surface area contributed by atoms with Crippen LogP contribution in [-0.2, 0) is 0 Å². The van der Waals surface area contributed by atoms with Gasteiger partial charge in [0.1, 0.15) is 11.6 Å². The van der Waals surface area contributed by atoms with Crippen molar-refractivity contribution >= 4 is 5.91 Å². The van der Waals surface area contributed by atoms with E-state index in [4.69, 9.17) is 5.26 Å². The molecule has 4 nitrogen and oxygen atoms in total. The van der Waals surface area contributed by atoms with Crippen LogP contribution in [0, 0.1) is 23.0 Å². The third-order valence-corrected chi connectivity index (χ3v) is 3.49. The molecule has 1 saturated heterocycles. The van der Waals surface area contributed by atoms with Gasteiger partial charge in [-0.1, -0.05) is 0 Å². The highest BCUT2D eigenvalue weighted by atomic mass is 19.1. The summed E-state index contributed by atoms with van der Waals surface area (Å²) in [5.41, 5.74) is -0.244. The topological polar surface area (TPSA) is 47.3 Å². The van der Waals surface area contributed by atoms with Crippen LogP contribution in [-0.4, -0.2) is 47.9 Å². The minimum Gasteiger partial charge on any atom is -0.336 e. The summed E-state index contributed by atoms with van der Waals surface area (Å²) in [4.78, 5) is 15.6. The van der Waals surface area contributed by atoms with Gasteiger partial charge in [0, 0.05) is 26.2 Å². The number of benzene rings is 1. The Bertz CT molecular complexity index is 548. The lowest BCUT2D eigenvalue weighted by atomic mass is 10.1. The average Bonchev–Trinajstić information content (AvgIpc) is 2.48. The molecule has 1 atom stereocenters. The van der Waals surface area contributed by atoms with Gasteiger partial charge in [0.05, 0.1) is 17.7 Å². The largest absolute Gasteiger partial charge is 0.336 e. The Hall–Kier alpha value is -2.00. The first-order valence-corrected chi connectivity index (χ1v) is 6.41. The van der Waals surface area contributed by atoms with E-state index in [-0.39, 0.29) is 11.6 Å². The lowest BCUT2D eigenvalue weighted by molar-refractivity contribution is 0.0610. The van der Waals surface area contributed by atoms with Gasteiger partial charge in [-0.15, -0.1) is 0 Å². The molecule has 1 aliphatic heterocycles. The Kier molecular flexibility index (Phi) is 4.30. The number of carbonyl (C=O) groups excluding carboxylic acids is 1. The summed E-state index contributed by atoms with van der Waals surface area (Å²) >= 11 is 0. The Morgan fingerprint density at radius 1 is 1.30 bits per heavy atom. The molecule has 0 radical (unpaired) electrons. The van der Waals surface area contributed by atoms with E-state index in [2.05, 4.69) is 6.07 Å². The maximum atomic E-state index is 13.6. The van der Waals surface area contributed by atoms with Gasteiger partial charge in [-0.2, -0.15) is 5.26 Å². The molecule has 0 aromatic heterocycles. The van der Waals surface area contributed by atoms with Crippen molar-refractivity contribution in [1.29, 1.82) is 5.26 Å². The molecular formula is C14H15F2N3O. The summed E-state index contributed by atoms with van der Waals surface area (Å²) in [6.45, 7) is 3.71. The zero-order valence-corrected chi connectivity index (χ0v) is 11.1. The molecular weight excluding hydrogens is 264 g/mol. The first-order chi connectivity index (χ1) is 9.52. The van der Waals surface area contributed by atoms with E-state index in [9.17, 15) is 13.6 Å². The fourth-order valence-corrected chi connectivity index (χ4v) is 2.23. The van der Waals surface area contributed by atoms with E-state index in [0.29, 0.717) is 26.2 Å². The van der Waals surface area contributed by atoms with Gasteiger partial charge in [0.2, 0.25) is 0 Å². The minimum atomic E-state index is -0.718. The second kappa shape index (κ2) is 5.97. The second-order valence-corrected chi connectivity index (χ2v) is 4.76. The number of hydrogen-bond acceptors (Lipinski definition) is 3. The number of piperazine rings is 1. The van der Waals surface area contributed by atoms with Crippen molar-refractivity contribution in [2.24, 2.45) is 0 Å². The van der Waals surface area contributed by atoms with Crippen molar-refractivity contribution in [1.82, 2.24) is 9.80 Å². The zero-order chi connectivity index (χ0) is 14.7. The number of nitriles is 1. The Balaban J connectivity index is 2.05. The summed E-state index contributed by atoms with van der Waals surface area (Å²) in [6.07, 6.45) is 0. The summed E-state index contributed by atoms with van der Waals surface area (Å²) in [5.74, 6) is -1.86. The molecule has 1 fully saturated rings. The third kappa shape index (κ3) is 2.94. The van der Waals surface area contributed by atoms with Crippen LogP contribution in [0.25, 0.3) is 0 Å². The Morgan fingerprint density at radius 3 is 2.55 bits per heavy atom. The molecule has 0 bridgehead atoms. The molecule has 1 unspecified atom stereocenters. The lowest BCUT2D eigenvalue weighted by Crippen LogP contribution is -2.51. The number of carbonyl (C=O) groups is 1. The molecule has 0 N–H and O–H groups in total. The molecule has 1 aliphatic rings. The van der Waals surface area contributed by atoms with Gasteiger partial charge in [0.25, 0.3) is 5.91 Å². The maximum absolute atomic E-state index is 13.6. The summed E-state index contributed by atoms with van der Waals surface area (Å²) in [5, 5.41) is 8.84. The summed E-state index contributed by atoms with van der Waals surface area (Å²) in [7, 11) is 0. The van der Waals surface area contributed by atoms with Crippen LogP contribution in [0.4, 0.5) is 8.78 Å². The first-order valence-electron chi connectivity index (χ1n) is 6.41. The van der Waals surface area contributed by atoms with Crippen LogP contribution in [0.15, 0.2) is 18.2 Å². The van der Waals surface area contributed by atoms with Gasteiger partial charge in [-0.25, -0.2) is 8.78 Å². The third-order valence-electron chi connectivity index (χ3n) is 3.49. The highest BCUT2D eigenvalue weighted by Crippen LogP contribution is 2.15. The molecule has 1 amide bonds. The minimum absolute atomic E-state index is 0.210. The number of hydrogen-bond donors (Lipinski definition) is 0. The van der Waals surface area contributed by atoms with Gasteiger partial charge in [-0.05, 0) is 25.1 Å². The molecule has 2 rings (SSSR count). The predicted molar refractivity (Wildman–Crippen MR) is 68.9 cm³/mol. The molecule has 0 saturated carbocycles. The van der Waals surface area contributed by atoms with Crippen LogP contribution in [0.1, 0.15) is 17.3 Å². The second-order valence-electron chi connectivity index (χ2n) is 4.76. The SMILES string of the molecule is CC(C#N)N1CCN(C(=O)c2cc(F)ccc2F)CC1. The van der Waals surface area contributed by atoms with Gasteiger partial charge in [-0.3, -0.25) is 9.69 Å². The smallest absolute Gasteiger partial charge is 0.257 e. The number of rotatable bonds is 2. The van der Waals surface area contributed by atoms with Crippen molar-refractivity contribution in [2.75, 3.05) is 26.2 Å². The van der Waals surface area contributed by atoms with Gasteiger partial charge >= 0.3 is 0 Å². The van der Waals surface area contributed by atoms with E-state index < -0.39 is 17.5 Å². The number of halogens is 2. The van der Waals surface area contributed by atoms with Gasteiger partial charge < -0.3 is 4.90 Å². The van der Waals surface area contributed by atoms with E-state index in [1.807, 2.05) is 4.90 Å². The van der Waals surface area contributed by atoms with E-state index in [1.165, 1.54) is 4.90 Å². The Labute approximate surface area is 116 Å². The lowest BCUT2D eigenvalue weighted by Gasteiger charge is -2.35. The molecule has 1 aromatic carbocycles. The zero-order valence-electron chi connectivity index (χ0n) is 11.1. The van der Waals surface area contributed by atoms with Crippen LogP contribution < -0.4 is 0 Å². The highest BCUT2D eigenvalue weighted by molar-refractivity contribution is 5.94. The molecule has 1 heterocycles. The molecule has 0 aliphatic carbocycles. The summed E-state index contributed by atoms with van der Waals surface area (Å²) < 4.78 is 26.7. The van der Waals surface area contributed by atoms with Crippen molar-refractivity contribution in [3.05, 3.63) is 35.4 Å². The molecule has 1 aromatic rings. The first kappa shape index (κ1) is 14.4. The normalized spacial score (nSPS) is 17.6. The van der Waals surface area contributed by atoms with E-state index in [1.54, 1.807) is 6.92 Å². The van der Waals surface area contributed by atoms with Crippen LogP contribution >= 0.6 is 0 Å². The number of nitrogens with zero attached hydrogens (tertiary/aromatic N) is 3. The molecule has 106 valence electrons. The van der Waals surface area contributed by atoms with E-state index in [0.717, 1.165) is 18.2 Å². The van der Waals surface area contributed by atoms with Crippen molar-refractivity contribution in [2.45, 2.75) is 13.0 Å². The predicted octanol–water partition coefficient (Wildman–Crippen LogP) is 1.63. The highest BCUT2D eigenvalue weighted by Gasteiger charge is 2.26. The Morgan fingerprint density at radius 2 is 1.95 bits per heavy atom. The summed E-state index contributed by atoms with van der Waals surface area (Å²) in [6, 6.07) is 4.79.